The zero-order valence-electron chi connectivity index (χ0n) is 14.2. The highest BCUT2D eigenvalue weighted by Gasteiger charge is 2.19. The first-order valence-electron chi connectivity index (χ1n) is 8.57. The SMILES string of the molecule is O=C(Nc1ccc2c3c(cccc13)CC2)c1nc(-n2cnnc2)ccc1Br. The minimum Gasteiger partial charge on any atom is -0.320 e. The monoisotopic (exact) mass is 419 g/mol. The summed E-state index contributed by atoms with van der Waals surface area (Å²) in [5.41, 5.74) is 3.79. The summed E-state index contributed by atoms with van der Waals surface area (Å²) in [7, 11) is 0. The molecule has 27 heavy (non-hydrogen) atoms. The molecule has 0 saturated carbocycles. The fourth-order valence-electron chi connectivity index (χ4n) is 3.59. The number of hydrogen-bond donors (Lipinski definition) is 1. The van der Waals surface area contributed by atoms with Crippen molar-refractivity contribution in [3.8, 4) is 5.82 Å². The molecule has 2 aromatic carbocycles. The van der Waals surface area contributed by atoms with Crippen molar-refractivity contribution in [1.82, 2.24) is 19.7 Å². The number of rotatable bonds is 3. The molecule has 0 spiro atoms. The molecule has 2 aromatic heterocycles. The second-order valence-corrected chi connectivity index (χ2v) is 7.29. The largest absolute Gasteiger partial charge is 0.320 e. The number of halogens is 1. The zero-order valence-corrected chi connectivity index (χ0v) is 15.8. The first kappa shape index (κ1) is 16.1. The average molecular weight is 420 g/mol. The van der Waals surface area contributed by atoms with Crippen molar-refractivity contribution in [3.05, 3.63) is 76.4 Å². The van der Waals surface area contributed by atoms with E-state index < -0.39 is 0 Å². The quantitative estimate of drug-likeness (QED) is 0.545. The summed E-state index contributed by atoms with van der Waals surface area (Å²) in [5.74, 6) is 0.309. The molecule has 1 aliphatic rings. The summed E-state index contributed by atoms with van der Waals surface area (Å²) in [4.78, 5) is 17.4. The molecule has 0 radical (unpaired) electrons. The Morgan fingerprint density at radius 2 is 1.78 bits per heavy atom. The molecule has 6 nitrogen and oxygen atoms in total. The van der Waals surface area contributed by atoms with Crippen molar-refractivity contribution in [2.75, 3.05) is 5.32 Å². The van der Waals surface area contributed by atoms with Crippen LogP contribution in [0.15, 0.2) is 59.6 Å². The Bertz CT molecular complexity index is 1180. The van der Waals surface area contributed by atoms with E-state index in [-0.39, 0.29) is 5.91 Å². The number of aromatic nitrogens is 4. The maximum absolute atomic E-state index is 12.9. The topological polar surface area (TPSA) is 72.7 Å². The molecule has 1 amide bonds. The van der Waals surface area contributed by atoms with Crippen molar-refractivity contribution in [1.29, 1.82) is 0 Å². The average Bonchev–Trinajstić information content (AvgIpc) is 3.35. The summed E-state index contributed by atoms with van der Waals surface area (Å²) in [5, 5.41) is 12.9. The maximum Gasteiger partial charge on any atom is 0.275 e. The van der Waals surface area contributed by atoms with Gasteiger partial charge in [-0.2, -0.15) is 0 Å². The lowest BCUT2D eigenvalue weighted by atomic mass is 10.0. The number of carbonyl (C=O) groups is 1. The van der Waals surface area contributed by atoms with Gasteiger partial charge < -0.3 is 5.32 Å². The van der Waals surface area contributed by atoms with E-state index in [1.54, 1.807) is 29.4 Å². The molecule has 0 saturated heterocycles. The fraction of sp³-hybridized carbons (Fsp3) is 0.100. The number of amides is 1. The van der Waals surface area contributed by atoms with Gasteiger partial charge in [-0.3, -0.25) is 9.36 Å². The van der Waals surface area contributed by atoms with Crippen LogP contribution in [0, 0.1) is 0 Å². The molecular formula is C20H14BrN5O. The van der Waals surface area contributed by atoms with Crippen molar-refractivity contribution in [3.63, 3.8) is 0 Å². The standard InChI is InChI=1S/C20H14BrN5O/c21-15-7-9-17(26-10-22-23-11-26)25-19(15)20(27)24-16-8-6-13-5-4-12-2-1-3-14(16)18(12)13/h1-3,6-11H,4-5H2,(H,24,27). The van der Waals surface area contributed by atoms with Crippen LogP contribution < -0.4 is 5.32 Å². The molecular weight excluding hydrogens is 406 g/mol. The van der Waals surface area contributed by atoms with Gasteiger partial charge in [-0.1, -0.05) is 24.3 Å². The van der Waals surface area contributed by atoms with Crippen LogP contribution >= 0.6 is 15.9 Å². The van der Waals surface area contributed by atoms with Crippen molar-refractivity contribution in [2.45, 2.75) is 12.8 Å². The molecule has 0 fully saturated rings. The number of nitrogens with one attached hydrogen (secondary N) is 1. The molecule has 1 N–H and O–H groups in total. The molecule has 1 aliphatic carbocycles. The van der Waals surface area contributed by atoms with Gasteiger partial charge in [0.15, 0.2) is 0 Å². The van der Waals surface area contributed by atoms with Gasteiger partial charge in [0.25, 0.3) is 5.91 Å². The number of pyridine rings is 1. The van der Waals surface area contributed by atoms with Crippen molar-refractivity contribution in [2.24, 2.45) is 0 Å². The lowest BCUT2D eigenvalue weighted by Crippen LogP contribution is -2.16. The highest BCUT2D eigenvalue weighted by atomic mass is 79.9. The minimum absolute atomic E-state index is 0.268. The molecule has 2 heterocycles. The fourth-order valence-corrected chi connectivity index (χ4v) is 3.99. The van der Waals surface area contributed by atoms with Crippen LogP contribution in [0.3, 0.4) is 0 Å². The van der Waals surface area contributed by atoms with E-state index in [0.29, 0.717) is 16.0 Å². The lowest BCUT2D eigenvalue weighted by molar-refractivity contribution is 0.102. The highest BCUT2D eigenvalue weighted by Crippen LogP contribution is 2.35. The third-order valence-corrected chi connectivity index (χ3v) is 5.49. The predicted molar refractivity (Wildman–Crippen MR) is 106 cm³/mol. The van der Waals surface area contributed by atoms with Crippen LogP contribution in [-0.4, -0.2) is 25.7 Å². The number of hydrogen-bond acceptors (Lipinski definition) is 4. The summed E-state index contributed by atoms with van der Waals surface area (Å²) in [6, 6.07) is 13.9. The molecule has 132 valence electrons. The predicted octanol–water partition coefficient (Wildman–Crippen LogP) is 3.93. The molecule has 0 atom stereocenters. The van der Waals surface area contributed by atoms with Crippen LogP contribution in [0.5, 0.6) is 0 Å². The Labute approximate surface area is 163 Å². The summed E-state index contributed by atoms with van der Waals surface area (Å²) in [6.45, 7) is 0. The van der Waals surface area contributed by atoms with Gasteiger partial charge in [-0.25, -0.2) is 4.98 Å². The molecule has 0 bridgehead atoms. The number of nitrogens with zero attached hydrogens (tertiary/aromatic N) is 4. The Balaban J connectivity index is 1.53. The van der Waals surface area contributed by atoms with Crippen molar-refractivity contribution < 1.29 is 4.79 Å². The van der Waals surface area contributed by atoms with E-state index in [2.05, 4.69) is 54.6 Å². The number of anilines is 1. The smallest absolute Gasteiger partial charge is 0.275 e. The molecule has 4 aromatic rings. The molecule has 5 rings (SSSR count). The van der Waals surface area contributed by atoms with E-state index in [0.717, 1.165) is 23.9 Å². The number of benzene rings is 2. The number of aryl methyl sites for hydroxylation is 2. The van der Waals surface area contributed by atoms with Crippen LogP contribution in [0.2, 0.25) is 0 Å². The molecule has 0 aliphatic heterocycles. The lowest BCUT2D eigenvalue weighted by Gasteiger charge is -2.12. The first-order chi connectivity index (χ1) is 13.2. The number of carbonyl (C=O) groups excluding carboxylic acids is 1. The first-order valence-corrected chi connectivity index (χ1v) is 9.36. The van der Waals surface area contributed by atoms with E-state index in [9.17, 15) is 4.79 Å². The second kappa shape index (κ2) is 6.28. The van der Waals surface area contributed by atoms with Crippen LogP contribution in [0.1, 0.15) is 21.6 Å². The Morgan fingerprint density at radius 3 is 2.59 bits per heavy atom. The molecule has 0 unspecified atom stereocenters. The van der Waals surface area contributed by atoms with Gasteiger partial charge in [0.2, 0.25) is 0 Å². The summed E-state index contributed by atoms with van der Waals surface area (Å²) in [6.07, 6.45) is 5.19. The van der Waals surface area contributed by atoms with Crippen LogP contribution in [-0.2, 0) is 12.8 Å². The van der Waals surface area contributed by atoms with Gasteiger partial charge in [0.05, 0.1) is 0 Å². The normalized spacial score (nSPS) is 12.5. The molecule has 7 heteroatoms. The minimum atomic E-state index is -0.268. The third-order valence-electron chi connectivity index (χ3n) is 4.85. The van der Waals surface area contributed by atoms with Gasteiger partial charge in [0, 0.05) is 15.5 Å². The highest BCUT2D eigenvalue weighted by molar-refractivity contribution is 9.10. The Morgan fingerprint density at radius 1 is 1.00 bits per heavy atom. The summed E-state index contributed by atoms with van der Waals surface area (Å²) < 4.78 is 2.28. The van der Waals surface area contributed by atoms with Gasteiger partial charge in [0.1, 0.15) is 24.2 Å². The van der Waals surface area contributed by atoms with Crippen molar-refractivity contribution >= 4 is 38.3 Å². The third kappa shape index (κ3) is 2.71. The zero-order chi connectivity index (χ0) is 18.4. The Kier molecular flexibility index (Phi) is 3.75. The van der Waals surface area contributed by atoms with E-state index in [1.807, 2.05) is 12.1 Å². The van der Waals surface area contributed by atoms with Gasteiger partial charge >= 0.3 is 0 Å². The van der Waals surface area contributed by atoms with Crippen LogP contribution in [0.4, 0.5) is 5.69 Å². The van der Waals surface area contributed by atoms with E-state index >= 15 is 0 Å². The maximum atomic E-state index is 12.9. The van der Waals surface area contributed by atoms with Gasteiger partial charge in [-0.15, -0.1) is 10.2 Å². The van der Waals surface area contributed by atoms with Gasteiger partial charge in [-0.05, 0) is 63.5 Å². The van der Waals surface area contributed by atoms with E-state index in [1.165, 1.54) is 16.5 Å². The van der Waals surface area contributed by atoms with E-state index in [4.69, 9.17) is 0 Å². The summed E-state index contributed by atoms with van der Waals surface area (Å²) >= 11 is 3.43. The second-order valence-electron chi connectivity index (χ2n) is 6.44. The Hall–Kier alpha value is -3.06. The van der Waals surface area contributed by atoms with Crippen LogP contribution in [0.25, 0.3) is 16.6 Å².